The summed E-state index contributed by atoms with van der Waals surface area (Å²) < 4.78 is 0. The van der Waals surface area contributed by atoms with E-state index in [4.69, 9.17) is 0 Å². The lowest BCUT2D eigenvalue weighted by Gasteiger charge is -2.22. The summed E-state index contributed by atoms with van der Waals surface area (Å²) in [5, 5.41) is 3.48. The molecule has 0 unspecified atom stereocenters. The summed E-state index contributed by atoms with van der Waals surface area (Å²) in [6.07, 6.45) is 5.13. The number of nitrogens with one attached hydrogen (secondary N) is 1. The number of aryl methyl sites for hydroxylation is 1. The molecule has 1 aliphatic heterocycles. The Hall–Kier alpha value is -0.820. The van der Waals surface area contributed by atoms with Crippen molar-refractivity contribution >= 4 is 0 Å². The van der Waals surface area contributed by atoms with E-state index in [2.05, 4.69) is 36.5 Å². The lowest BCUT2D eigenvalue weighted by Crippen LogP contribution is -2.30. The molecule has 0 aliphatic carbocycles. The SMILES string of the molecule is CCc1ccc(C[C@@H]2CCCNC2)cc1. The molecule has 0 radical (unpaired) electrons. The standard InChI is InChI=1S/C14H21N/c1-2-12-5-7-13(8-6-12)10-14-4-3-9-15-11-14/h5-8,14-15H,2-4,9-11H2,1H3/t14-/m0/s1. The van der Waals surface area contributed by atoms with Gasteiger partial charge in [0.15, 0.2) is 0 Å². The van der Waals surface area contributed by atoms with Crippen LogP contribution in [0.25, 0.3) is 0 Å². The van der Waals surface area contributed by atoms with Gasteiger partial charge >= 0.3 is 0 Å². The van der Waals surface area contributed by atoms with Crippen molar-refractivity contribution in [1.29, 1.82) is 0 Å². The first-order valence-corrected chi connectivity index (χ1v) is 6.17. The lowest BCUT2D eigenvalue weighted by molar-refractivity contribution is 0.376. The van der Waals surface area contributed by atoms with Crippen molar-refractivity contribution in [2.45, 2.75) is 32.6 Å². The van der Waals surface area contributed by atoms with Crippen LogP contribution >= 0.6 is 0 Å². The number of hydrogen-bond donors (Lipinski definition) is 1. The predicted octanol–water partition coefficient (Wildman–Crippen LogP) is 2.79. The Morgan fingerprint density at radius 1 is 1.20 bits per heavy atom. The van der Waals surface area contributed by atoms with Crippen molar-refractivity contribution in [3.8, 4) is 0 Å². The molecule has 0 amide bonds. The number of rotatable bonds is 3. The Labute approximate surface area is 92.9 Å². The molecule has 1 fully saturated rings. The highest BCUT2D eigenvalue weighted by atomic mass is 14.9. The van der Waals surface area contributed by atoms with Crippen LogP contribution in [0.1, 0.15) is 30.9 Å². The van der Waals surface area contributed by atoms with Crippen molar-refractivity contribution < 1.29 is 0 Å². The van der Waals surface area contributed by atoms with Gasteiger partial charge in [-0.05, 0) is 55.8 Å². The molecule has 0 aromatic heterocycles. The zero-order valence-electron chi connectivity index (χ0n) is 9.63. The minimum absolute atomic E-state index is 0.853. The van der Waals surface area contributed by atoms with Crippen molar-refractivity contribution in [1.82, 2.24) is 5.32 Å². The van der Waals surface area contributed by atoms with Crippen LogP contribution in [0.2, 0.25) is 0 Å². The molecule has 15 heavy (non-hydrogen) atoms. The van der Waals surface area contributed by atoms with Gasteiger partial charge < -0.3 is 5.32 Å². The maximum atomic E-state index is 3.48. The summed E-state index contributed by atoms with van der Waals surface area (Å²) >= 11 is 0. The average Bonchev–Trinajstić information content (AvgIpc) is 2.31. The molecule has 1 heterocycles. The fraction of sp³-hybridized carbons (Fsp3) is 0.571. The third-order valence-corrected chi connectivity index (χ3v) is 3.35. The van der Waals surface area contributed by atoms with E-state index in [0.717, 1.165) is 12.3 Å². The first-order chi connectivity index (χ1) is 7.38. The highest BCUT2D eigenvalue weighted by molar-refractivity contribution is 5.22. The van der Waals surface area contributed by atoms with Crippen LogP contribution in [0, 0.1) is 5.92 Å². The number of benzene rings is 1. The molecule has 1 aliphatic rings. The van der Waals surface area contributed by atoms with E-state index >= 15 is 0 Å². The number of piperidine rings is 1. The van der Waals surface area contributed by atoms with Crippen LogP contribution in [0.3, 0.4) is 0 Å². The van der Waals surface area contributed by atoms with Crippen LogP contribution in [0.4, 0.5) is 0 Å². The minimum atomic E-state index is 0.853. The van der Waals surface area contributed by atoms with E-state index in [9.17, 15) is 0 Å². The van der Waals surface area contributed by atoms with Gasteiger partial charge in [-0.25, -0.2) is 0 Å². The quantitative estimate of drug-likeness (QED) is 0.796. The molecule has 0 bridgehead atoms. The fourth-order valence-electron chi connectivity index (χ4n) is 2.34. The summed E-state index contributed by atoms with van der Waals surface area (Å²) in [5.41, 5.74) is 2.95. The molecule has 1 heteroatoms. The van der Waals surface area contributed by atoms with Gasteiger partial charge in [0.05, 0.1) is 0 Å². The van der Waals surface area contributed by atoms with Crippen molar-refractivity contribution in [3.05, 3.63) is 35.4 Å². The Morgan fingerprint density at radius 3 is 2.53 bits per heavy atom. The molecule has 1 N–H and O–H groups in total. The molecule has 0 spiro atoms. The second-order valence-corrected chi connectivity index (χ2v) is 4.59. The van der Waals surface area contributed by atoms with Crippen LogP contribution in [0.5, 0.6) is 0 Å². The summed E-state index contributed by atoms with van der Waals surface area (Å²) in [4.78, 5) is 0. The van der Waals surface area contributed by atoms with Crippen molar-refractivity contribution in [2.24, 2.45) is 5.92 Å². The van der Waals surface area contributed by atoms with Gasteiger partial charge in [0.2, 0.25) is 0 Å². The van der Waals surface area contributed by atoms with E-state index in [1.54, 1.807) is 0 Å². The largest absolute Gasteiger partial charge is 0.316 e. The maximum Gasteiger partial charge on any atom is -0.00173 e. The Kier molecular flexibility index (Phi) is 3.79. The van der Waals surface area contributed by atoms with Crippen molar-refractivity contribution in [2.75, 3.05) is 13.1 Å². The molecule has 1 nitrogen and oxygen atoms in total. The van der Waals surface area contributed by atoms with Gasteiger partial charge in [0, 0.05) is 0 Å². The second kappa shape index (κ2) is 5.32. The zero-order valence-corrected chi connectivity index (χ0v) is 9.63. The topological polar surface area (TPSA) is 12.0 Å². The van der Waals surface area contributed by atoms with Crippen molar-refractivity contribution in [3.63, 3.8) is 0 Å². The van der Waals surface area contributed by atoms with E-state index in [1.807, 2.05) is 0 Å². The highest BCUT2D eigenvalue weighted by Gasteiger charge is 2.12. The van der Waals surface area contributed by atoms with Gasteiger partial charge in [-0.3, -0.25) is 0 Å². The Morgan fingerprint density at radius 2 is 1.93 bits per heavy atom. The zero-order chi connectivity index (χ0) is 10.5. The second-order valence-electron chi connectivity index (χ2n) is 4.59. The van der Waals surface area contributed by atoms with E-state index in [1.165, 1.54) is 43.5 Å². The molecule has 1 aromatic rings. The summed E-state index contributed by atoms with van der Waals surface area (Å²) in [7, 11) is 0. The molecule has 82 valence electrons. The summed E-state index contributed by atoms with van der Waals surface area (Å²) in [5.74, 6) is 0.853. The van der Waals surface area contributed by atoms with Crippen LogP contribution in [-0.2, 0) is 12.8 Å². The summed E-state index contributed by atoms with van der Waals surface area (Å²) in [6.45, 7) is 4.63. The lowest BCUT2D eigenvalue weighted by atomic mass is 9.92. The first-order valence-electron chi connectivity index (χ1n) is 6.17. The molecular weight excluding hydrogens is 182 g/mol. The van der Waals surface area contributed by atoms with E-state index < -0.39 is 0 Å². The highest BCUT2D eigenvalue weighted by Crippen LogP contribution is 2.16. The molecule has 1 saturated heterocycles. The third kappa shape index (κ3) is 3.07. The monoisotopic (exact) mass is 203 g/mol. The fourth-order valence-corrected chi connectivity index (χ4v) is 2.34. The van der Waals surface area contributed by atoms with Gasteiger partial charge in [-0.2, -0.15) is 0 Å². The Balaban J connectivity index is 1.91. The van der Waals surface area contributed by atoms with Gasteiger partial charge in [-0.1, -0.05) is 31.2 Å². The average molecular weight is 203 g/mol. The van der Waals surface area contributed by atoms with Gasteiger partial charge in [0.25, 0.3) is 0 Å². The first kappa shape index (κ1) is 10.7. The molecule has 0 saturated carbocycles. The smallest absolute Gasteiger partial charge is 0.00173 e. The minimum Gasteiger partial charge on any atom is -0.316 e. The van der Waals surface area contributed by atoms with Crippen LogP contribution in [-0.4, -0.2) is 13.1 Å². The molecule has 2 rings (SSSR count). The number of hydrogen-bond acceptors (Lipinski definition) is 1. The van der Waals surface area contributed by atoms with Gasteiger partial charge in [-0.15, -0.1) is 0 Å². The van der Waals surface area contributed by atoms with E-state index in [0.29, 0.717) is 0 Å². The normalized spacial score (nSPS) is 21.5. The maximum absolute atomic E-state index is 3.48. The molecule has 1 atom stereocenters. The van der Waals surface area contributed by atoms with Crippen LogP contribution in [0.15, 0.2) is 24.3 Å². The van der Waals surface area contributed by atoms with Crippen LogP contribution < -0.4 is 5.32 Å². The summed E-state index contributed by atoms with van der Waals surface area (Å²) in [6, 6.07) is 9.14. The molecular formula is C14H21N. The van der Waals surface area contributed by atoms with Gasteiger partial charge in [0.1, 0.15) is 0 Å². The van der Waals surface area contributed by atoms with E-state index in [-0.39, 0.29) is 0 Å². The third-order valence-electron chi connectivity index (χ3n) is 3.35. The predicted molar refractivity (Wildman–Crippen MR) is 65.1 cm³/mol. The Bertz CT molecular complexity index is 283. The molecule has 1 aromatic carbocycles.